The lowest BCUT2D eigenvalue weighted by Gasteiger charge is -2.18. The predicted molar refractivity (Wildman–Crippen MR) is 86.9 cm³/mol. The third-order valence-electron chi connectivity index (χ3n) is 3.04. The van der Waals surface area contributed by atoms with E-state index in [4.69, 9.17) is 10.5 Å². The number of primary amides is 1. The number of hydrogen-bond acceptors (Lipinski definition) is 3. The van der Waals surface area contributed by atoms with E-state index in [2.05, 4.69) is 21.2 Å². The number of methoxy groups -OCH3 is 1. The summed E-state index contributed by atoms with van der Waals surface area (Å²) < 4.78 is 6.06. The monoisotopic (exact) mass is 348 g/mol. The zero-order valence-corrected chi connectivity index (χ0v) is 13.3. The minimum Gasteiger partial charge on any atom is -0.380 e. The average Bonchev–Trinajstić information content (AvgIpc) is 2.46. The van der Waals surface area contributed by atoms with Crippen molar-refractivity contribution in [1.82, 2.24) is 0 Å². The van der Waals surface area contributed by atoms with E-state index in [0.29, 0.717) is 6.61 Å². The molecule has 0 radical (unpaired) electrons. The van der Waals surface area contributed by atoms with Crippen molar-refractivity contribution >= 4 is 27.5 Å². The van der Waals surface area contributed by atoms with Crippen molar-refractivity contribution < 1.29 is 9.53 Å². The molecule has 1 amide bonds. The Morgan fingerprint density at radius 2 is 2.00 bits per heavy atom. The Kier molecular flexibility index (Phi) is 5.36. The summed E-state index contributed by atoms with van der Waals surface area (Å²) in [6.07, 6.45) is 0. The molecule has 0 bridgehead atoms. The summed E-state index contributed by atoms with van der Waals surface area (Å²) in [5.41, 5.74) is 8.19. The maximum absolute atomic E-state index is 11.7. The fourth-order valence-corrected chi connectivity index (χ4v) is 2.32. The summed E-state index contributed by atoms with van der Waals surface area (Å²) >= 11 is 3.37. The average molecular weight is 349 g/mol. The van der Waals surface area contributed by atoms with Gasteiger partial charge in [0.05, 0.1) is 6.61 Å². The molecule has 0 heterocycles. The SMILES string of the molecule is COCc1cccc(N[C@@H](C(N)=O)c2ccc(Br)cc2)c1. The quantitative estimate of drug-likeness (QED) is 0.842. The van der Waals surface area contributed by atoms with Crippen molar-refractivity contribution in [2.24, 2.45) is 5.73 Å². The normalized spacial score (nSPS) is 11.9. The highest BCUT2D eigenvalue weighted by molar-refractivity contribution is 9.10. The Morgan fingerprint density at radius 1 is 1.29 bits per heavy atom. The zero-order chi connectivity index (χ0) is 15.2. The molecule has 0 aliphatic rings. The second kappa shape index (κ2) is 7.24. The Balaban J connectivity index is 2.22. The number of rotatable bonds is 6. The first-order chi connectivity index (χ1) is 10.1. The molecule has 2 aromatic carbocycles. The minimum atomic E-state index is -0.573. The lowest BCUT2D eigenvalue weighted by atomic mass is 10.1. The van der Waals surface area contributed by atoms with Gasteiger partial charge < -0.3 is 15.8 Å². The lowest BCUT2D eigenvalue weighted by molar-refractivity contribution is -0.118. The predicted octanol–water partition coefficient (Wildman–Crippen LogP) is 3.23. The maximum Gasteiger partial charge on any atom is 0.244 e. The van der Waals surface area contributed by atoms with Crippen molar-refractivity contribution in [2.75, 3.05) is 12.4 Å². The Morgan fingerprint density at radius 3 is 2.62 bits per heavy atom. The fourth-order valence-electron chi connectivity index (χ4n) is 2.06. The van der Waals surface area contributed by atoms with Crippen molar-refractivity contribution in [1.29, 1.82) is 0 Å². The number of carbonyl (C=O) groups excluding carboxylic acids is 1. The number of hydrogen-bond donors (Lipinski definition) is 2. The molecule has 0 aliphatic heterocycles. The summed E-state index contributed by atoms with van der Waals surface area (Å²) in [5.74, 6) is -0.422. The maximum atomic E-state index is 11.7. The molecule has 0 saturated carbocycles. The van der Waals surface area contributed by atoms with Gasteiger partial charge in [-0.3, -0.25) is 4.79 Å². The highest BCUT2D eigenvalue weighted by Gasteiger charge is 2.17. The summed E-state index contributed by atoms with van der Waals surface area (Å²) in [4.78, 5) is 11.7. The molecule has 21 heavy (non-hydrogen) atoms. The van der Waals surface area contributed by atoms with E-state index in [1.165, 1.54) is 0 Å². The number of nitrogens with one attached hydrogen (secondary N) is 1. The molecule has 2 rings (SSSR count). The number of nitrogens with two attached hydrogens (primary N) is 1. The highest BCUT2D eigenvalue weighted by Crippen LogP contribution is 2.22. The van der Waals surface area contributed by atoms with Gasteiger partial charge in [-0.05, 0) is 35.4 Å². The third-order valence-corrected chi connectivity index (χ3v) is 3.57. The minimum absolute atomic E-state index is 0.422. The van der Waals surface area contributed by atoms with Gasteiger partial charge in [-0.1, -0.05) is 40.2 Å². The van der Waals surface area contributed by atoms with E-state index in [9.17, 15) is 4.79 Å². The Bertz CT molecular complexity index is 614. The first kappa shape index (κ1) is 15.5. The van der Waals surface area contributed by atoms with E-state index in [-0.39, 0.29) is 0 Å². The number of carbonyl (C=O) groups is 1. The summed E-state index contributed by atoms with van der Waals surface area (Å²) in [5, 5.41) is 3.17. The second-order valence-corrected chi connectivity index (χ2v) is 5.58. The van der Waals surface area contributed by atoms with Crippen molar-refractivity contribution in [3.8, 4) is 0 Å². The van der Waals surface area contributed by atoms with Crippen LogP contribution in [-0.2, 0) is 16.1 Å². The van der Waals surface area contributed by atoms with Gasteiger partial charge >= 0.3 is 0 Å². The molecule has 0 unspecified atom stereocenters. The van der Waals surface area contributed by atoms with Crippen LogP contribution in [-0.4, -0.2) is 13.0 Å². The highest BCUT2D eigenvalue weighted by atomic mass is 79.9. The van der Waals surface area contributed by atoms with Crippen LogP contribution in [0.3, 0.4) is 0 Å². The van der Waals surface area contributed by atoms with Gasteiger partial charge in [0.2, 0.25) is 5.91 Å². The zero-order valence-electron chi connectivity index (χ0n) is 11.7. The van der Waals surface area contributed by atoms with Gasteiger partial charge in [-0.25, -0.2) is 0 Å². The Labute approximate surface area is 132 Å². The van der Waals surface area contributed by atoms with Crippen LogP contribution >= 0.6 is 15.9 Å². The van der Waals surface area contributed by atoms with Crippen LogP contribution in [0.5, 0.6) is 0 Å². The van der Waals surface area contributed by atoms with Crippen molar-refractivity contribution in [2.45, 2.75) is 12.6 Å². The third kappa shape index (κ3) is 4.31. The summed E-state index contributed by atoms with van der Waals surface area (Å²) in [7, 11) is 1.65. The van der Waals surface area contributed by atoms with Crippen LogP contribution in [0.4, 0.5) is 5.69 Å². The molecule has 0 saturated heterocycles. The second-order valence-electron chi connectivity index (χ2n) is 4.66. The molecule has 0 spiro atoms. The van der Waals surface area contributed by atoms with Gasteiger partial charge in [-0.15, -0.1) is 0 Å². The van der Waals surface area contributed by atoms with Gasteiger partial charge in [-0.2, -0.15) is 0 Å². The van der Waals surface area contributed by atoms with Crippen LogP contribution in [0.2, 0.25) is 0 Å². The molecule has 4 nitrogen and oxygen atoms in total. The number of amides is 1. The van der Waals surface area contributed by atoms with Gasteiger partial charge in [0, 0.05) is 17.3 Å². The molecule has 2 aromatic rings. The van der Waals surface area contributed by atoms with Gasteiger partial charge in [0.15, 0.2) is 0 Å². The van der Waals surface area contributed by atoms with Crippen LogP contribution < -0.4 is 11.1 Å². The number of benzene rings is 2. The topological polar surface area (TPSA) is 64.3 Å². The fraction of sp³-hybridized carbons (Fsp3) is 0.188. The van der Waals surface area contributed by atoms with Crippen LogP contribution in [0.25, 0.3) is 0 Å². The van der Waals surface area contributed by atoms with Crippen molar-refractivity contribution in [3.63, 3.8) is 0 Å². The Hall–Kier alpha value is -1.85. The van der Waals surface area contributed by atoms with E-state index in [1.807, 2.05) is 48.5 Å². The molecular weight excluding hydrogens is 332 g/mol. The number of anilines is 1. The number of ether oxygens (including phenoxy) is 1. The van der Waals surface area contributed by atoms with Gasteiger partial charge in [0.1, 0.15) is 6.04 Å². The van der Waals surface area contributed by atoms with Crippen LogP contribution in [0.1, 0.15) is 17.2 Å². The molecule has 3 N–H and O–H groups in total. The largest absolute Gasteiger partial charge is 0.380 e. The molecule has 5 heteroatoms. The standard InChI is InChI=1S/C16H17BrN2O2/c1-21-10-11-3-2-4-14(9-11)19-15(16(18)20)12-5-7-13(17)8-6-12/h2-9,15,19H,10H2,1H3,(H2,18,20)/t15-/m1/s1. The molecule has 1 atom stereocenters. The summed E-state index contributed by atoms with van der Waals surface area (Å²) in [6, 6.07) is 14.6. The first-order valence-electron chi connectivity index (χ1n) is 6.49. The molecule has 0 aromatic heterocycles. The summed E-state index contributed by atoms with van der Waals surface area (Å²) in [6.45, 7) is 0.523. The van der Waals surface area contributed by atoms with E-state index < -0.39 is 11.9 Å². The molecular formula is C16H17BrN2O2. The van der Waals surface area contributed by atoms with E-state index in [1.54, 1.807) is 7.11 Å². The molecule has 0 aliphatic carbocycles. The first-order valence-corrected chi connectivity index (χ1v) is 7.28. The molecule has 110 valence electrons. The van der Waals surface area contributed by atoms with Crippen molar-refractivity contribution in [3.05, 3.63) is 64.1 Å². The van der Waals surface area contributed by atoms with E-state index in [0.717, 1.165) is 21.3 Å². The van der Waals surface area contributed by atoms with Gasteiger partial charge in [0.25, 0.3) is 0 Å². The van der Waals surface area contributed by atoms with Crippen LogP contribution in [0.15, 0.2) is 53.0 Å². The number of halogens is 1. The van der Waals surface area contributed by atoms with Crippen LogP contribution in [0, 0.1) is 0 Å². The molecule has 0 fully saturated rings. The lowest BCUT2D eigenvalue weighted by Crippen LogP contribution is -2.27. The smallest absolute Gasteiger partial charge is 0.244 e. The van der Waals surface area contributed by atoms with E-state index >= 15 is 0 Å².